The number of amides is 1. The number of aryl methyl sites for hydroxylation is 1. The lowest BCUT2D eigenvalue weighted by Crippen LogP contribution is -2.28. The van der Waals surface area contributed by atoms with Crippen LogP contribution in [0.2, 0.25) is 0 Å². The van der Waals surface area contributed by atoms with Crippen LogP contribution in [0, 0.1) is 0 Å². The van der Waals surface area contributed by atoms with Crippen molar-refractivity contribution >= 4 is 5.91 Å². The van der Waals surface area contributed by atoms with Crippen LogP contribution in [-0.4, -0.2) is 16.1 Å². The van der Waals surface area contributed by atoms with Crippen LogP contribution in [0.15, 0.2) is 30.5 Å². The fraction of sp³-hybridized carbons (Fsp3) is 0.333. The monoisotopic (exact) mass is 311 g/mol. The SMILES string of the molecule is CCc1[nH]ncc1C(=O)N[C@@H](C)c1ccccc1C(F)(F)F. The van der Waals surface area contributed by atoms with Crippen LogP contribution >= 0.6 is 0 Å². The number of hydrogen-bond acceptors (Lipinski definition) is 2. The summed E-state index contributed by atoms with van der Waals surface area (Å²) >= 11 is 0. The van der Waals surface area contributed by atoms with E-state index in [1.54, 1.807) is 0 Å². The van der Waals surface area contributed by atoms with Crippen molar-refractivity contribution in [3.05, 3.63) is 52.8 Å². The minimum absolute atomic E-state index is 0.0323. The van der Waals surface area contributed by atoms with Crippen molar-refractivity contribution in [2.75, 3.05) is 0 Å². The third-order valence-electron chi connectivity index (χ3n) is 3.40. The Bertz CT molecular complexity index is 664. The number of carbonyl (C=O) groups is 1. The number of hydrogen-bond donors (Lipinski definition) is 2. The third kappa shape index (κ3) is 3.29. The van der Waals surface area contributed by atoms with Gasteiger partial charge in [0.15, 0.2) is 0 Å². The van der Waals surface area contributed by atoms with Crippen LogP contribution in [0.25, 0.3) is 0 Å². The molecule has 1 aromatic heterocycles. The maximum Gasteiger partial charge on any atom is 0.416 e. The largest absolute Gasteiger partial charge is 0.416 e. The predicted molar refractivity (Wildman–Crippen MR) is 75.3 cm³/mol. The average Bonchev–Trinajstić information content (AvgIpc) is 2.94. The number of aromatic nitrogens is 2. The van der Waals surface area contributed by atoms with Crippen LogP contribution in [0.3, 0.4) is 0 Å². The van der Waals surface area contributed by atoms with E-state index in [4.69, 9.17) is 0 Å². The van der Waals surface area contributed by atoms with E-state index in [-0.39, 0.29) is 5.56 Å². The van der Waals surface area contributed by atoms with Crippen LogP contribution in [-0.2, 0) is 12.6 Å². The first-order valence-corrected chi connectivity index (χ1v) is 6.83. The molecule has 7 heteroatoms. The first-order valence-electron chi connectivity index (χ1n) is 6.83. The second kappa shape index (κ2) is 6.21. The number of benzene rings is 1. The molecule has 0 aliphatic heterocycles. The Morgan fingerprint density at radius 1 is 1.36 bits per heavy atom. The van der Waals surface area contributed by atoms with E-state index in [2.05, 4.69) is 15.5 Å². The average molecular weight is 311 g/mol. The highest BCUT2D eigenvalue weighted by Gasteiger charge is 2.34. The van der Waals surface area contributed by atoms with E-state index >= 15 is 0 Å². The van der Waals surface area contributed by atoms with Gasteiger partial charge < -0.3 is 5.32 Å². The zero-order valence-electron chi connectivity index (χ0n) is 12.2. The molecule has 2 N–H and O–H groups in total. The highest BCUT2D eigenvalue weighted by atomic mass is 19.4. The van der Waals surface area contributed by atoms with Crippen LogP contribution in [0.4, 0.5) is 13.2 Å². The molecular formula is C15H16F3N3O. The molecule has 0 spiro atoms. The van der Waals surface area contributed by atoms with Gasteiger partial charge in [0, 0.05) is 5.69 Å². The molecule has 1 heterocycles. The maximum atomic E-state index is 13.0. The molecule has 1 aromatic carbocycles. The molecule has 2 rings (SSSR count). The Balaban J connectivity index is 2.23. The van der Waals surface area contributed by atoms with Gasteiger partial charge in [-0.15, -0.1) is 0 Å². The van der Waals surface area contributed by atoms with Gasteiger partial charge in [-0.2, -0.15) is 18.3 Å². The smallest absolute Gasteiger partial charge is 0.345 e. The molecule has 0 unspecified atom stereocenters. The Morgan fingerprint density at radius 3 is 2.68 bits per heavy atom. The number of halogens is 3. The topological polar surface area (TPSA) is 57.8 Å². The Morgan fingerprint density at radius 2 is 2.05 bits per heavy atom. The van der Waals surface area contributed by atoms with Crippen molar-refractivity contribution in [1.29, 1.82) is 0 Å². The molecule has 1 amide bonds. The maximum absolute atomic E-state index is 13.0. The van der Waals surface area contributed by atoms with Crippen molar-refractivity contribution in [2.24, 2.45) is 0 Å². The molecule has 1 atom stereocenters. The van der Waals surface area contributed by atoms with E-state index in [1.165, 1.54) is 31.3 Å². The summed E-state index contributed by atoms with van der Waals surface area (Å²) in [5.74, 6) is -0.449. The van der Waals surface area contributed by atoms with Gasteiger partial charge in [0.1, 0.15) is 0 Å². The van der Waals surface area contributed by atoms with E-state index in [9.17, 15) is 18.0 Å². The van der Waals surface area contributed by atoms with Gasteiger partial charge in [-0.3, -0.25) is 9.89 Å². The van der Waals surface area contributed by atoms with Gasteiger partial charge in [-0.1, -0.05) is 25.1 Å². The van der Waals surface area contributed by atoms with Gasteiger partial charge in [0.2, 0.25) is 0 Å². The molecule has 0 aliphatic rings. The van der Waals surface area contributed by atoms with Crippen LogP contribution < -0.4 is 5.32 Å². The van der Waals surface area contributed by atoms with Crippen molar-refractivity contribution in [1.82, 2.24) is 15.5 Å². The first-order chi connectivity index (χ1) is 10.3. The fourth-order valence-corrected chi connectivity index (χ4v) is 2.26. The molecule has 0 fully saturated rings. The summed E-state index contributed by atoms with van der Waals surface area (Å²) in [6.45, 7) is 3.38. The zero-order valence-corrected chi connectivity index (χ0v) is 12.2. The Hall–Kier alpha value is -2.31. The van der Waals surface area contributed by atoms with Crippen molar-refractivity contribution in [3.8, 4) is 0 Å². The molecule has 0 aliphatic carbocycles. The molecule has 0 saturated carbocycles. The molecule has 0 radical (unpaired) electrons. The summed E-state index contributed by atoms with van der Waals surface area (Å²) in [4.78, 5) is 12.2. The third-order valence-corrected chi connectivity index (χ3v) is 3.40. The van der Waals surface area contributed by atoms with Crippen LogP contribution in [0.5, 0.6) is 0 Å². The van der Waals surface area contributed by atoms with Gasteiger partial charge in [-0.05, 0) is 25.0 Å². The molecular weight excluding hydrogens is 295 g/mol. The quantitative estimate of drug-likeness (QED) is 0.908. The fourth-order valence-electron chi connectivity index (χ4n) is 2.26. The molecule has 0 saturated heterocycles. The van der Waals surface area contributed by atoms with Crippen molar-refractivity contribution in [3.63, 3.8) is 0 Å². The van der Waals surface area contributed by atoms with E-state index in [0.29, 0.717) is 17.7 Å². The Kier molecular flexibility index (Phi) is 4.54. The van der Waals surface area contributed by atoms with Crippen molar-refractivity contribution < 1.29 is 18.0 Å². The van der Waals surface area contributed by atoms with Gasteiger partial charge in [-0.25, -0.2) is 0 Å². The lowest BCUT2D eigenvalue weighted by molar-refractivity contribution is -0.138. The summed E-state index contributed by atoms with van der Waals surface area (Å²) in [6, 6.07) is 4.44. The number of nitrogens with one attached hydrogen (secondary N) is 2. The summed E-state index contributed by atoms with van der Waals surface area (Å²) in [5, 5.41) is 9.07. The van der Waals surface area contributed by atoms with E-state index in [1.807, 2.05) is 6.92 Å². The van der Waals surface area contributed by atoms with Gasteiger partial charge in [0.05, 0.1) is 23.4 Å². The summed E-state index contributed by atoms with van der Waals surface area (Å²) in [7, 11) is 0. The highest BCUT2D eigenvalue weighted by molar-refractivity contribution is 5.95. The molecule has 2 aromatic rings. The zero-order chi connectivity index (χ0) is 16.3. The number of alkyl halides is 3. The number of nitrogens with zero attached hydrogens (tertiary/aromatic N) is 1. The van der Waals surface area contributed by atoms with E-state index in [0.717, 1.165) is 6.07 Å². The molecule has 0 bridgehead atoms. The predicted octanol–water partition coefficient (Wildman–Crippen LogP) is 3.48. The highest BCUT2D eigenvalue weighted by Crippen LogP contribution is 2.34. The molecule has 118 valence electrons. The van der Waals surface area contributed by atoms with E-state index < -0.39 is 23.7 Å². The number of aromatic amines is 1. The number of H-pyrrole nitrogens is 1. The molecule has 4 nitrogen and oxygen atoms in total. The minimum atomic E-state index is -4.46. The minimum Gasteiger partial charge on any atom is -0.345 e. The summed E-state index contributed by atoms with van der Waals surface area (Å²) in [5.41, 5.74) is 0.281. The second-order valence-corrected chi connectivity index (χ2v) is 4.90. The lowest BCUT2D eigenvalue weighted by atomic mass is 10.0. The lowest BCUT2D eigenvalue weighted by Gasteiger charge is -2.19. The Labute approximate surface area is 125 Å². The van der Waals surface area contributed by atoms with Crippen LogP contribution in [0.1, 0.15) is 47.1 Å². The van der Waals surface area contributed by atoms with Gasteiger partial charge in [0.25, 0.3) is 5.91 Å². The summed E-state index contributed by atoms with van der Waals surface area (Å²) < 4.78 is 39.0. The number of rotatable bonds is 4. The number of carbonyl (C=O) groups excluding carboxylic acids is 1. The normalized spacial score (nSPS) is 13.0. The molecule has 22 heavy (non-hydrogen) atoms. The van der Waals surface area contributed by atoms with Gasteiger partial charge >= 0.3 is 6.18 Å². The second-order valence-electron chi connectivity index (χ2n) is 4.90. The summed E-state index contributed by atoms with van der Waals surface area (Å²) in [6.07, 6.45) is -2.51. The first kappa shape index (κ1) is 16.1. The standard InChI is InChI=1S/C15H16F3N3O/c1-3-13-11(8-19-21-13)14(22)20-9(2)10-6-4-5-7-12(10)15(16,17)18/h4-9H,3H2,1-2H3,(H,19,21)(H,20,22)/t9-/m0/s1. The van der Waals surface area contributed by atoms with Crippen molar-refractivity contribution in [2.45, 2.75) is 32.5 Å².